The van der Waals surface area contributed by atoms with Crippen LogP contribution in [-0.2, 0) is 4.79 Å². The fourth-order valence-electron chi connectivity index (χ4n) is 1.25. The smallest absolute Gasteiger partial charge is 0.323 e. The molecular formula is C11H23N3O3. The van der Waals surface area contributed by atoms with E-state index in [0.29, 0.717) is 6.54 Å². The highest BCUT2D eigenvalue weighted by atomic mass is 16.4. The molecule has 0 aliphatic rings. The molecule has 0 radical (unpaired) electrons. The lowest BCUT2D eigenvalue weighted by atomic mass is 10.3. The van der Waals surface area contributed by atoms with Crippen LogP contribution in [0.4, 0.5) is 4.79 Å². The third-order valence-electron chi connectivity index (χ3n) is 2.50. The van der Waals surface area contributed by atoms with Gasteiger partial charge in [0, 0.05) is 19.1 Å². The Kier molecular flexibility index (Phi) is 7.29. The number of rotatable bonds is 7. The van der Waals surface area contributed by atoms with E-state index >= 15 is 0 Å². The Morgan fingerprint density at radius 3 is 2.35 bits per heavy atom. The predicted molar refractivity (Wildman–Crippen MR) is 66.0 cm³/mol. The monoisotopic (exact) mass is 245 g/mol. The molecule has 0 saturated heterocycles. The Bertz CT molecular complexity index is 256. The fraction of sp³-hybridized carbons (Fsp3) is 0.818. The number of hydrogen-bond acceptors (Lipinski definition) is 3. The first kappa shape index (κ1) is 15.7. The van der Waals surface area contributed by atoms with E-state index in [9.17, 15) is 9.59 Å². The van der Waals surface area contributed by atoms with Gasteiger partial charge >= 0.3 is 12.0 Å². The minimum Gasteiger partial charge on any atom is -0.480 e. The van der Waals surface area contributed by atoms with E-state index < -0.39 is 5.97 Å². The largest absolute Gasteiger partial charge is 0.480 e. The number of nitrogens with one attached hydrogen (secondary N) is 1. The van der Waals surface area contributed by atoms with Gasteiger partial charge < -0.3 is 20.2 Å². The molecule has 0 aromatic rings. The number of hydrogen-bond donors (Lipinski definition) is 2. The van der Waals surface area contributed by atoms with Crippen molar-refractivity contribution < 1.29 is 14.7 Å². The van der Waals surface area contributed by atoms with E-state index in [2.05, 4.69) is 10.2 Å². The molecule has 2 N–H and O–H groups in total. The van der Waals surface area contributed by atoms with Crippen LogP contribution in [0.3, 0.4) is 0 Å². The molecule has 0 saturated carbocycles. The number of carbonyl (C=O) groups is 2. The van der Waals surface area contributed by atoms with Crippen LogP contribution in [0.2, 0.25) is 0 Å². The number of carboxylic acid groups (broad SMARTS) is 1. The first-order valence-corrected chi connectivity index (χ1v) is 5.83. The van der Waals surface area contributed by atoms with Gasteiger partial charge in [0.2, 0.25) is 0 Å². The molecule has 0 aliphatic heterocycles. The lowest BCUT2D eigenvalue weighted by Crippen LogP contribution is -2.47. The quantitative estimate of drug-likeness (QED) is 0.683. The molecule has 0 aliphatic carbocycles. The Morgan fingerprint density at radius 2 is 1.94 bits per heavy atom. The van der Waals surface area contributed by atoms with Crippen molar-refractivity contribution in [2.45, 2.75) is 26.8 Å². The number of nitrogens with zero attached hydrogens (tertiary/aromatic N) is 2. The Morgan fingerprint density at radius 1 is 1.35 bits per heavy atom. The number of likely N-dealkylation sites (N-methyl/N-ethyl adjacent to an activating group) is 1. The number of amides is 2. The first-order valence-electron chi connectivity index (χ1n) is 5.83. The number of urea groups is 1. The number of aliphatic carboxylic acids is 1. The van der Waals surface area contributed by atoms with Crippen molar-refractivity contribution in [2.75, 3.05) is 33.2 Å². The fourth-order valence-corrected chi connectivity index (χ4v) is 1.25. The second kappa shape index (κ2) is 7.89. The molecule has 17 heavy (non-hydrogen) atoms. The van der Waals surface area contributed by atoms with Crippen LogP contribution in [0.25, 0.3) is 0 Å². The zero-order valence-corrected chi connectivity index (χ0v) is 11.1. The van der Waals surface area contributed by atoms with E-state index in [-0.39, 0.29) is 18.6 Å². The van der Waals surface area contributed by atoms with Crippen LogP contribution in [0.15, 0.2) is 0 Å². The van der Waals surface area contributed by atoms with Gasteiger partial charge in [-0.3, -0.25) is 4.79 Å². The van der Waals surface area contributed by atoms with Gasteiger partial charge in [-0.2, -0.15) is 0 Å². The summed E-state index contributed by atoms with van der Waals surface area (Å²) in [7, 11) is 1.96. The van der Waals surface area contributed by atoms with E-state index in [1.807, 2.05) is 14.0 Å². The van der Waals surface area contributed by atoms with Gasteiger partial charge in [0.1, 0.15) is 6.54 Å². The molecule has 0 heterocycles. The van der Waals surface area contributed by atoms with E-state index in [1.54, 1.807) is 13.8 Å². The number of carboxylic acids is 1. The zero-order chi connectivity index (χ0) is 13.4. The summed E-state index contributed by atoms with van der Waals surface area (Å²) in [5, 5.41) is 11.4. The molecule has 100 valence electrons. The van der Waals surface area contributed by atoms with Crippen molar-refractivity contribution in [3.8, 4) is 0 Å². The summed E-state index contributed by atoms with van der Waals surface area (Å²) < 4.78 is 0. The van der Waals surface area contributed by atoms with Crippen LogP contribution >= 0.6 is 0 Å². The van der Waals surface area contributed by atoms with Gasteiger partial charge in [0.05, 0.1) is 0 Å². The molecule has 6 nitrogen and oxygen atoms in total. The summed E-state index contributed by atoms with van der Waals surface area (Å²) in [6.45, 7) is 7.54. The Balaban J connectivity index is 4.11. The molecule has 0 rings (SSSR count). The maximum atomic E-state index is 11.7. The normalized spacial score (nSPS) is 10.7. The van der Waals surface area contributed by atoms with Crippen molar-refractivity contribution in [1.29, 1.82) is 0 Å². The van der Waals surface area contributed by atoms with Crippen LogP contribution in [0.1, 0.15) is 20.8 Å². The van der Waals surface area contributed by atoms with Crippen molar-refractivity contribution in [3.63, 3.8) is 0 Å². The molecule has 0 aromatic heterocycles. The molecule has 0 unspecified atom stereocenters. The van der Waals surface area contributed by atoms with Gasteiger partial charge in [-0.15, -0.1) is 0 Å². The molecule has 2 amide bonds. The van der Waals surface area contributed by atoms with E-state index in [4.69, 9.17) is 5.11 Å². The molecule has 0 spiro atoms. The number of carbonyl (C=O) groups excluding carboxylic acids is 1. The molecule has 0 aromatic carbocycles. The Hall–Kier alpha value is -1.30. The van der Waals surface area contributed by atoms with Crippen molar-refractivity contribution in [2.24, 2.45) is 0 Å². The SMILES string of the molecule is CCN(C)CCNC(=O)N(CC(=O)O)C(C)C. The molecule has 0 atom stereocenters. The van der Waals surface area contributed by atoms with E-state index in [1.165, 1.54) is 4.90 Å². The van der Waals surface area contributed by atoms with Crippen LogP contribution in [-0.4, -0.2) is 66.2 Å². The lowest BCUT2D eigenvalue weighted by molar-refractivity contribution is -0.138. The second-order valence-electron chi connectivity index (χ2n) is 4.24. The van der Waals surface area contributed by atoms with Crippen molar-refractivity contribution >= 4 is 12.0 Å². The molecule has 0 fully saturated rings. The third kappa shape index (κ3) is 6.78. The molecule has 6 heteroatoms. The first-order chi connectivity index (χ1) is 7.88. The summed E-state index contributed by atoms with van der Waals surface area (Å²) in [5.41, 5.74) is 0. The summed E-state index contributed by atoms with van der Waals surface area (Å²) in [6, 6.07) is -0.457. The lowest BCUT2D eigenvalue weighted by Gasteiger charge is -2.25. The predicted octanol–water partition coefficient (Wildman–Crippen LogP) is 0.443. The minimum absolute atomic E-state index is 0.130. The van der Waals surface area contributed by atoms with Crippen LogP contribution < -0.4 is 5.32 Å². The summed E-state index contributed by atoms with van der Waals surface area (Å²) in [4.78, 5) is 25.7. The van der Waals surface area contributed by atoms with Crippen molar-refractivity contribution in [3.05, 3.63) is 0 Å². The third-order valence-corrected chi connectivity index (χ3v) is 2.50. The zero-order valence-electron chi connectivity index (χ0n) is 11.1. The molecular weight excluding hydrogens is 222 g/mol. The average molecular weight is 245 g/mol. The average Bonchev–Trinajstić information content (AvgIpc) is 2.24. The second-order valence-corrected chi connectivity index (χ2v) is 4.24. The highest BCUT2D eigenvalue weighted by molar-refractivity contribution is 5.80. The van der Waals surface area contributed by atoms with Crippen molar-refractivity contribution in [1.82, 2.24) is 15.1 Å². The van der Waals surface area contributed by atoms with E-state index in [0.717, 1.165) is 13.1 Å². The summed E-state index contributed by atoms with van der Waals surface area (Å²) >= 11 is 0. The summed E-state index contributed by atoms with van der Waals surface area (Å²) in [6.07, 6.45) is 0. The van der Waals surface area contributed by atoms with Crippen LogP contribution in [0.5, 0.6) is 0 Å². The molecule has 0 bridgehead atoms. The maximum absolute atomic E-state index is 11.7. The standard InChI is InChI=1S/C11H23N3O3/c1-5-13(4)7-6-12-11(17)14(9(2)3)8-10(15)16/h9H,5-8H2,1-4H3,(H,12,17)(H,15,16). The van der Waals surface area contributed by atoms with Gasteiger partial charge in [-0.05, 0) is 27.4 Å². The minimum atomic E-state index is -1.00. The van der Waals surface area contributed by atoms with Gasteiger partial charge in [0.25, 0.3) is 0 Å². The Labute approximate surface area is 103 Å². The highest BCUT2D eigenvalue weighted by Crippen LogP contribution is 1.98. The highest BCUT2D eigenvalue weighted by Gasteiger charge is 2.19. The van der Waals surface area contributed by atoms with Gasteiger partial charge in [-0.25, -0.2) is 4.79 Å². The maximum Gasteiger partial charge on any atom is 0.323 e. The van der Waals surface area contributed by atoms with Gasteiger partial charge in [-0.1, -0.05) is 6.92 Å². The van der Waals surface area contributed by atoms with Gasteiger partial charge in [0.15, 0.2) is 0 Å². The topological polar surface area (TPSA) is 72.9 Å². The summed E-state index contributed by atoms with van der Waals surface area (Å²) in [5.74, 6) is -1.00. The van der Waals surface area contributed by atoms with Crippen LogP contribution in [0, 0.1) is 0 Å².